The van der Waals surface area contributed by atoms with Crippen molar-refractivity contribution < 1.29 is 14.3 Å². The molecule has 0 bridgehead atoms. The Balaban J connectivity index is 1.81. The zero-order valence-corrected chi connectivity index (χ0v) is 20.9. The Labute approximate surface area is 189 Å². The van der Waals surface area contributed by atoms with E-state index in [0.29, 0.717) is 12.5 Å². The van der Waals surface area contributed by atoms with Crippen LogP contribution in [-0.2, 0) is 9.47 Å². The monoisotopic (exact) mass is 439 g/mol. The maximum Gasteiger partial charge on any atom is 0.410 e. The number of nitrogens with zero attached hydrogens (tertiary/aromatic N) is 4. The Kier molecular flexibility index (Phi) is 9.43. The first-order valence-corrected chi connectivity index (χ1v) is 11.8. The molecule has 8 heteroatoms. The van der Waals surface area contributed by atoms with Gasteiger partial charge in [0.05, 0.1) is 13.2 Å². The smallest absolute Gasteiger partial charge is 0.410 e. The minimum absolute atomic E-state index is 0.0487. The van der Waals surface area contributed by atoms with E-state index in [1.165, 1.54) is 0 Å². The molecule has 2 rings (SSSR count). The van der Waals surface area contributed by atoms with Gasteiger partial charge in [0.2, 0.25) is 0 Å². The number of amides is 1. The number of aliphatic imine (C=N–C) groups is 1. The highest BCUT2D eigenvalue weighted by Crippen LogP contribution is 2.21. The van der Waals surface area contributed by atoms with E-state index >= 15 is 0 Å². The second-order valence-corrected chi connectivity index (χ2v) is 10.3. The van der Waals surface area contributed by atoms with Crippen molar-refractivity contribution in [2.45, 2.75) is 65.5 Å². The number of nitrogens with one attached hydrogen (secondary N) is 1. The van der Waals surface area contributed by atoms with Crippen LogP contribution in [0, 0.1) is 5.92 Å². The number of carbonyl (C=O) groups excluding carboxylic acids is 1. The van der Waals surface area contributed by atoms with Crippen molar-refractivity contribution in [2.75, 3.05) is 66.1 Å². The average Bonchev–Trinajstić information content (AvgIpc) is 2.72. The Bertz CT molecular complexity index is 589. The molecule has 0 aromatic carbocycles. The van der Waals surface area contributed by atoms with Crippen molar-refractivity contribution in [3.05, 3.63) is 0 Å². The van der Waals surface area contributed by atoms with Crippen LogP contribution in [0.15, 0.2) is 4.99 Å². The second-order valence-electron chi connectivity index (χ2n) is 10.3. The van der Waals surface area contributed by atoms with Crippen molar-refractivity contribution in [3.8, 4) is 0 Å². The van der Waals surface area contributed by atoms with Crippen LogP contribution < -0.4 is 5.32 Å². The van der Waals surface area contributed by atoms with Crippen LogP contribution in [0.1, 0.15) is 54.4 Å². The van der Waals surface area contributed by atoms with E-state index in [4.69, 9.17) is 9.47 Å². The second kappa shape index (κ2) is 11.4. The number of rotatable bonds is 6. The van der Waals surface area contributed by atoms with Gasteiger partial charge in [0, 0.05) is 58.4 Å². The first-order valence-electron chi connectivity index (χ1n) is 11.8. The van der Waals surface area contributed by atoms with Gasteiger partial charge in [-0.3, -0.25) is 9.89 Å². The highest BCUT2D eigenvalue weighted by molar-refractivity contribution is 5.80. The summed E-state index contributed by atoms with van der Waals surface area (Å²) in [5.41, 5.74) is -0.409. The molecule has 2 heterocycles. The minimum atomic E-state index is -0.457. The quantitative estimate of drug-likeness (QED) is 0.507. The largest absolute Gasteiger partial charge is 0.444 e. The maximum atomic E-state index is 12.4. The van der Waals surface area contributed by atoms with Gasteiger partial charge >= 0.3 is 6.09 Å². The molecule has 2 fully saturated rings. The SMILES string of the molecule is CCN(CC1CCN(C(=NC)NCC(C)(C)N2CCOCC2)CC1)C(=O)OC(C)(C)C. The number of ether oxygens (including phenoxy) is 2. The standard InChI is InChI=1S/C23H45N5O3/c1-8-26(21(29)31-22(2,3)4)17-19-9-11-27(12-10-19)20(24-7)25-18-23(5,6)28-13-15-30-16-14-28/h19H,8-18H2,1-7H3,(H,24,25). The van der Waals surface area contributed by atoms with E-state index < -0.39 is 5.60 Å². The van der Waals surface area contributed by atoms with Gasteiger partial charge in [-0.1, -0.05) is 0 Å². The van der Waals surface area contributed by atoms with Crippen molar-refractivity contribution in [1.82, 2.24) is 20.0 Å². The van der Waals surface area contributed by atoms with Gasteiger partial charge in [-0.25, -0.2) is 4.79 Å². The molecule has 31 heavy (non-hydrogen) atoms. The lowest BCUT2D eigenvalue weighted by atomic mass is 9.96. The third-order valence-electron chi connectivity index (χ3n) is 6.18. The minimum Gasteiger partial charge on any atom is -0.444 e. The van der Waals surface area contributed by atoms with E-state index in [9.17, 15) is 4.79 Å². The number of hydrogen-bond donors (Lipinski definition) is 1. The molecule has 0 atom stereocenters. The number of hydrogen-bond acceptors (Lipinski definition) is 5. The predicted molar refractivity (Wildman–Crippen MR) is 126 cm³/mol. The topological polar surface area (TPSA) is 69.6 Å². The summed E-state index contributed by atoms with van der Waals surface area (Å²) in [5.74, 6) is 1.46. The van der Waals surface area contributed by atoms with Crippen molar-refractivity contribution in [2.24, 2.45) is 10.9 Å². The van der Waals surface area contributed by atoms with Crippen molar-refractivity contribution in [3.63, 3.8) is 0 Å². The van der Waals surface area contributed by atoms with Crippen LogP contribution in [0.4, 0.5) is 4.79 Å². The van der Waals surface area contributed by atoms with E-state index in [2.05, 4.69) is 34.0 Å². The van der Waals surface area contributed by atoms with E-state index in [0.717, 1.165) is 71.3 Å². The summed E-state index contributed by atoms with van der Waals surface area (Å²) in [4.78, 5) is 23.6. The van der Waals surface area contributed by atoms with Gasteiger partial charge in [-0.15, -0.1) is 0 Å². The van der Waals surface area contributed by atoms with Crippen LogP contribution in [0.2, 0.25) is 0 Å². The third-order valence-corrected chi connectivity index (χ3v) is 6.18. The summed E-state index contributed by atoms with van der Waals surface area (Å²) in [6.45, 7) is 20.1. The summed E-state index contributed by atoms with van der Waals surface area (Å²) >= 11 is 0. The zero-order chi connectivity index (χ0) is 23.1. The molecular formula is C23H45N5O3. The summed E-state index contributed by atoms with van der Waals surface area (Å²) in [5, 5.41) is 3.60. The number of carbonyl (C=O) groups is 1. The fourth-order valence-electron chi connectivity index (χ4n) is 4.21. The Morgan fingerprint density at radius 1 is 1.13 bits per heavy atom. The Morgan fingerprint density at radius 3 is 2.26 bits per heavy atom. The summed E-state index contributed by atoms with van der Waals surface area (Å²) in [6.07, 6.45) is 1.89. The van der Waals surface area contributed by atoms with Crippen molar-refractivity contribution in [1.29, 1.82) is 0 Å². The van der Waals surface area contributed by atoms with Gasteiger partial charge in [0.15, 0.2) is 5.96 Å². The average molecular weight is 440 g/mol. The number of morpholine rings is 1. The summed E-state index contributed by atoms with van der Waals surface area (Å²) in [6, 6.07) is 0. The summed E-state index contributed by atoms with van der Waals surface area (Å²) < 4.78 is 11.1. The molecule has 1 N–H and O–H groups in total. The molecule has 0 aromatic rings. The van der Waals surface area contributed by atoms with Crippen LogP contribution in [0.5, 0.6) is 0 Å². The predicted octanol–water partition coefficient (Wildman–Crippen LogP) is 2.64. The van der Waals surface area contributed by atoms with Gasteiger partial charge in [-0.05, 0) is 60.3 Å². The molecule has 2 saturated heterocycles. The molecule has 0 unspecified atom stereocenters. The highest BCUT2D eigenvalue weighted by Gasteiger charge is 2.30. The van der Waals surface area contributed by atoms with E-state index in [1.54, 1.807) is 0 Å². The molecule has 0 radical (unpaired) electrons. The van der Waals surface area contributed by atoms with E-state index in [-0.39, 0.29) is 11.6 Å². The first-order chi connectivity index (χ1) is 14.6. The highest BCUT2D eigenvalue weighted by atomic mass is 16.6. The maximum absolute atomic E-state index is 12.4. The molecule has 0 spiro atoms. The lowest BCUT2D eigenvalue weighted by Crippen LogP contribution is -2.57. The number of piperidine rings is 1. The number of guanidine groups is 1. The molecule has 2 aliphatic rings. The molecular weight excluding hydrogens is 394 g/mol. The van der Waals surface area contributed by atoms with Gasteiger partial charge in [0.1, 0.15) is 5.60 Å². The fraction of sp³-hybridized carbons (Fsp3) is 0.913. The normalized spacial score (nSPS) is 20.0. The van der Waals surface area contributed by atoms with Crippen LogP contribution in [0.3, 0.4) is 0 Å². The molecule has 180 valence electrons. The Hall–Kier alpha value is -1.54. The first kappa shape index (κ1) is 25.7. The van der Waals surface area contributed by atoms with Crippen LogP contribution >= 0.6 is 0 Å². The number of likely N-dealkylation sites (tertiary alicyclic amines) is 1. The molecule has 0 aliphatic carbocycles. The Morgan fingerprint density at radius 2 is 1.74 bits per heavy atom. The van der Waals surface area contributed by atoms with Gasteiger partial charge in [-0.2, -0.15) is 0 Å². The molecule has 8 nitrogen and oxygen atoms in total. The zero-order valence-electron chi connectivity index (χ0n) is 20.9. The lowest BCUT2D eigenvalue weighted by molar-refractivity contribution is -0.00853. The molecule has 1 amide bonds. The van der Waals surface area contributed by atoms with Crippen molar-refractivity contribution >= 4 is 12.1 Å². The molecule has 0 saturated carbocycles. The van der Waals surface area contributed by atoms with Gasteiger partial charge in [0.25, 0.3) is 0 Å². The van der Waals surface area contributed by atoms with Gasteiger partial charge < -0.3 is 24.6 Å². The van der Waals surface area contributed by atoms with Crippen LogP contribution in [-0.4, -0.2) is 104 Å². The van der Waals surface area contributed by atoms with E-state index in [1.807, 2.05) is 39.6 Å². The lowest BCUT2D eigenvalue weighted by Gasteiger charge is -2.42. The molecule has 0 aromatic heterocycles. The third kappa shape index (κ3) is 8.15. The fourth-order valence-corrected chi connectivity index (χ4v) is 4.21. The molecule has 2 aliphatic heterocycles. The summed E-state index contributed by atoms with van der Waals surface area (Å²) in [7, 11) is 1.86. The van der Waals surface area contributed by atoms with Crippen LogP contribution in [0.25, 0.3) is 0 Å².